The zero-order valence-corrected chi connectivity index (χ0v) is 9.23. The second-order valence-corrected chi connectivity index (χ2v) is 3.29. The summed E-state index contributed by atoms with van der Waals surface area (Å²) in [6, 6.07) is 0. The Hall–Kier alpha value is -0.190. The first-order valence-corrected chi connectivity index (χ1v) is 5.09. The van der Waals surface area contributed by atoms with Gasteiger partial charge in [-0.2, -0.15) is 0 Å². The topological polar surface area (TPSA) is 44.5 Å². The summed E-state index contributed by atoms with van der Waals surface area (Å²) in [4.78, 5) is 0.517. The monoisotopic (exact) mass is 205 g/mol. The molecule has 3 nitrogen and oxygen atoms in total. The molecule has 0 saturated heterocycles. The first-order valence-electron chi connectivity index (χ1n) is 4.68. The van der Waals surface area contributed by atoms with Gasteiger partial charge in [0.15, 0.2) is 0 Å². The van der Waals surface area contributed by atoms with Crippen LogP contribution in [0.15, 0.2) is 0 Å². The third-order valence-electron chi connectivity index (χ3n) is 1.67. The van der Waals surface area contributed by atoms with Gasteiger partial charge in [0.1, 0.15) is 0 Å². The Morgan fingerprint density at radius 2 is 2.08 bits per heavy atom. The molecule has 0 saturated carbocycles. The molecular weight excluding hydrogens is 186 g/mol. The van der Waals surface area contributed by atoms with Gasteiger partial charge in [0.05, 0.1) is 24.3 Å². The molecule has 0 radical (unpaired) electrons. The molecule has 0 aromatic heterocycles. The molecular formula is C9H19NO2S. The summed E-state index contributed by atoms with van der Waals surface area (Å²) in [5, 5.41) is 0. The maximum atomic E-state index is 5.51. The van der Waals surface area contributed by atoms with E-state index in [1.807, 2.05) is 6.92 Å². The smallest absolute Gasteiger partial charge is 0.0753 e. The van der Waals surface area contributed by atoms with Crippen molar-refractivity contribution in [2.75, 3.05) is 19.8 Å². The van der Waals surface area contributed by atoms with Crippen LogP contribution < -0.4 is 5.73 Å². The number of hydrogen-bond acceptors (Lipinski definition) is 3. The van der Waals surface area contributed by atoms with E-state index in [0.717, 1.165) is 13.0 Å². The van der Waals surface area contributed by atoms with Gasteiger partial charge in [-0.3, -0.25) is 0 Å². The molecule has 1 atom stereocenters. The van der Waals surface area contributed by atoms with E-state index in [9.17, 15) is 0 Å². The van der Waals surface area contributed by atoms with E-state index < -0.39 is 0 Å². The Labute approximate surface area is 85.6 Å². The standard InChI is InChI=1S/C9H19NO2S/c1-3-8(7-9(10)13)12-6-5-11-4-2/h8H,3-7H2,1-2H3,(H2,10,13). The molecule has 0 aromatic rings. The van der Waals surface area contributed by atoms with Gasteiger partial charge in [-0.15, -0.1) is 0 Å². The third kappa shape index (κ3) is 8.15. The van der Waals surface area contributed by atoms with E-state index in [0.29, 0.717) is 24.6 Å². The van der Waals surface area contributed by atoms with Crippen molar-refractivity contribution < 1.29 is 9.47 Å². The van der Waals surface area contributed by atoms with E-state index >= 15 is 0 Å². The molecule has 2 N–H and O–H groups in total. The van der Waals surface area contributed by atoms with Crippen molar-refractivity contribution in [1.29, 1.82) is 0 Å². The van der Waals surface area contributed by atoms with Crippen molar-refractivity contribution >= 4 is 17.2 Å². The largest absolute Gasteiger partial charge is 0.393 e. The molecule has 78 valence electrons. The molecule has 0 rings (SSSR count). The predicted octanol–water partition coefficient (Wildman–Crippen LogP) is 1.49. The Balaban J connectivity index is 3.42. The Kier molecular flexibility index (Phi) is 8.29. The molecule has 13 heavy (non-hydrogen) atoms. The van der Waals surface area contributed by atoms with Crippen molar-refractivity contribution in [2.45, 2.75) is 32.8 Å². The summed E-state index contributed by atoms with van der Waals surface area (Å²) < 4.78 is 10.7. The highest BCUT2D eigenvalue weighted by Crippen LogP contribution is 2.03. The maximum Gasteiger partial charge on any atom is 0.0753 e. The summed E-state index contributed by atoms with van der Waals surface area (Å²) in [5.41, 5.74) is 5.42. The average molecular weight is 205 g/mol. The molecule has 0 aliphatic heterocycles. The quantitative estimate of drug-likeness (QED) is 0.482. The first-order chi connectivity index (χ1) is 6.20. The van der Waals surface area contributed by atoms with Crippen LogP contribution in [-0.4, -0.2) is 30.9 Å². The van der Waals surface area contributed by atoms with Crippen LogP contribution in [0.5, 0.6) is 0 Å². The van der Waals surface area contributed by atoms with Gasteiger partial charge in [0.25, 0.3) is 0 Å². The van der Waals surface area contributed by atoms with Crippen LogP contribution in [0.2, 0.25) is 0 Å². The van der Waals surface area contributed by atoms with Gasteiger partial charge in [-0.1, -0.05) is 19.1 Å². The molecule has 0 aromatic carbocycles. The van der Waals surface area contributed by atoms with E-state index in [1.54, 1.807) is 0 Å². The summed E-state index contributed by atoms with van der Waals surface area (Å²) >= 11 is 4.81. The lowest BCUT2D eigenvalue weighted by Crippen LogP contribution is -2.22. The van der Waals surface area contributed by atoms with Gasteiger partial charge < -0.3 is 15.2 Å². The van der Waals surface area contributed by atoms with Crippen molar-refractivity contribution in [3.8, 4) is 0 Å². The molecule has 0 spiro atoms. The number of nitrogens with two attached hydrogens (primary N) is 1. The van der Waals surface area contributed by atoms with Crippen LogP contribution in [-0.2, 0) is 9.47 Å². The van der Waals surface area contributed by atoms with E-state index in [1.165, 1.54) is 0 Å². The lowest BCUT2D eigenvalue weighted by atomic mass is 10.2. The predicted molar refractivity (Wildman–Crippen MR) is 57.9 cm³/mol. The molecule has 0 aliphatic carbocycles. The molecule has 0 fully saturated rings. The van der Waals surface area contributed by atoms with Crippen molar-refractivity contribution in [2.24, 2.45) is 5.73 Å². The minimum Gasteiger partial charge on any atom is -0.393 e. The van der Waals surface area contributed by atoms with Gasteiger partial charge in [0.2, 0.25) is 0 Å². The van der Waals surface area contributed by atoms with Crippen molar-refractivity contribution in [3.05, 3.63) is 0 Å². The fourth-order valence-electron chi connectivity index (χ4n) is 0.964. The number of ether oxygens (including phenoxy) is 2. The van der Waals surface area contributed by atoms with Crippen LogP contribution in [0.1, 0.15) is 26.7 Å². The summed E-state index contributed by atoms with van der Waals surface area (Å²) in [6.45, 7) is 6.02. The van der Waals surface area contributed by atoms with Crippen LogP contribution in [0.3, 0.4) is 0 Å². The van der Waals surface area contributed by atoms with Gasteiger partial charge in [-0.25, -0.2) is 0 Å². The fourth-order valence-corrected chi connectivity index (χ4v) is 1.15. The minimum absolute atomic E-state index is 0.151. The molecule has 4 heteroatoms. The lowest BCUT2D eigenvalue weighted by molar-refractivity contribution is 0.00935. The maximum absolute atomic E-state index is 5.51. The summed E-state index contributed by atoms with van der Waals surface area (Å²) in [5.74, 6) is 0. The van der Waals surface area contributed by atoms with Gasteiger partial charge >= 0.3 is 0 Å². The average Bonchev–Trinajstić information content (AvgIpc) is 2.09. The number of hydrogen-bond donors (Lipinski definition) is 1. The van der Waals surface area contributed by atoms with E-state index in [2.05, 4.69) is 6.92 Å². The van der Waals surface area contributed by atoms with Crippen molar-refractivity contribution in [1.82, 2.24) is 0 Å². The van der Waals surface area contributed by atoms with E-state index in [4.69, 9.17) is 27.4 Å². The second kappa shape index (κ2) is 8.41. The summed E-state index contributed by atoms with van der Waals surface area (Å²) in [7, 11) is 0. The van der Waals surface area contributed by atoms with Gasteiger partial charge in [-0.05, 0) is 13.3 Å². The Morgan fingerprint density at radius 1 is 1.38 bits per heavy atom. The molecule has 0 heterocycles. The number of rotatable bonds is 8. The Morgan fingerprint density at radius 3 is 2.54 bits per heavy atom. The molecule has 1 unspecified atom stereocenters. The molecule has 0 bridgehead atoms. The minimum atomic E-state index is 0.151. The number of thiocarbonyl (C=S) groups is 1. The lowest BCUT2D eigenvalue weighted by Gasteiger charge is -2.14. The van der Waals surface area contributed by atoms with Crippen LogP contribution in [0.25, 0.3) is 0 Å². The second-order valence-electron chi connectivity index (χ2n) is 2.77. The first kappa shape index (κ1) is 12.8. The van der Waals surface area contributed by atoms with Crippen LogP contribution in [0, 0.1) is 0 Å². The molecule has 0 aliphatic rings. The highest BCUT2D eigenvalue weighted by Gasteiger charge is 2.07. The third-order valence-corrected chi connectivity index (χ3v) is 1.84. The van der Waals surface area contributed by atoms with Crippen LogP contribution >= 0.6 is 12.2 Å². The zero-order valence-electron chi connectivity index (χ0n) is 8.41. The highest BCUT2D eigenvalue weighted by molar-refractivity contribution is 7.80. The Bertz CT molecular complexity index is 142. The normalized spacial score (nSPS) is 12.8. The van der Waals surface area contributed by atoms with Gasteiger partial charge in [0, 0.05) is 13.0 Å². The zero-order chi connectivity index (χ0) is 10.1. The van der Waals surface area contributed by atoms with Crippen molar-refractivity contribution in [3.63, 3.8) is 0 Å². The van der Waals surface area contributed by atoms with Crippen LogP contribution in [0.4, 0.5) is 0 Å². The molecule has 0 amide bonds. The SMILES string of the molecule is CCOCCOC(CC)CC(N)=S. The van der Waals surface area contributed by atoms with E-state index in [-0.39, 0.29) is 6.10 Å². The highest BCUT2D eigenvalue weighted by atomic mass is 32.1. The fraction of sp³-hybridized carbons (Fsp3) is 0.889. The summed E-state index contributed by atoms with van der Waals surface area (Å²) in [6.07, 6.45) is 1.75.